The summed E-state index contributed by atoms with van der Waals surface area (Å²) in [5, 5.41) is 10.2. The topological polar surface area (TPSA) is 58.7 Å². The molecule has 2 atom stereocenters. The number of hydrogen-bond donors (Lipinski definition) is 1. The lowest BCUT2D eigenvalue weighted by atomic mass is 10.0. The summed E-state index contributed by atoms with van der Waals surface area (Å²) in [6.45, 7) is 1.19. The molecule has 1 fully saturated rings. The molecule has 0 amide bonds. The summed E-state index contributed by atoms with van der Waals surface area (Å²) < 4.78 is 11.2. The molecule has 5 nitrogen and oxygen atoms in total. The zero-order valence-corrected chi connectivity index (χ0v) is 13.6. The Bertz CT molecular complexity index is 812. The Morgan fingerprint density at radius 3 is 2.96 bits per heavy atom. The van der Waals surface area contributed by atoms with Crippen molar-refractivity contribution in [2.75, 3.05) is 13.7 Å². The second-order valence-corrected chi connectivity index (χ2v) is 6.19. The number of methoxy groups -OCH3 is 1. The number of aliphatic hydroxyl groups excluding tert-OH is 1. The third-order valence-electron chi connectivity index (χ3n) is 4.54. The lowest BCUT2D eigenvalue weighted by Crippen LogP contribution is -2.24. The van der Waals surface area contributed by atoms with Crippen LogP contribution in [0.3, 0.4) is 0 Å². The van der Waals surface area contributed by atoms with E-state index in [1.54, 1.807) is 7.11 Å². The first-order valence-corrected chi connectivity index (χ1v) is 8.13. The van der Waals surface area contributed by atoms with Crippen LogP contribution in [-0.4, -0.2) is 34.7 Å². The number of likely N-dealkylation sites (tertiary alicyclic amines) is 1. The van der Waals surface area contributed by atoms with Gasteiger partial charge in [-0.3, -0.25) is 4.90 Å². The van der Waals surface area contributed by atoms with E-state index in [1.807, 2.05) is 42.5 Å². The van der Waals surface area contributed by atoms with Gasteiger partial charge in [-0.25, -0.2) is 4.98 Å². The molecule has 124 valence electrons. The highest BCUT2D eigenvalue weighted by molar-refractivity contribution is 5.72. The van der Waals surface area contributed by atoms with Gasteiger partial charge in [0, 0.05) is 12.6 Å². The Hall–Kier alpha value is -2.37. The summed E-state index contributed by atoms with van der Waals surface area (Å²) in [7, 11) is 1.67. The van der Waals surface area contributed by atoms with Gasteiger partial charge in [-0.2, -0.15) is 0 Å². The van der Waals surface area contributed by atoms with Crippen molar-refractivity contribution in [1.82, 2.24) is 9.88 Å². The molecule has 3 aromatic rings. The van der Waals surface area contributed by atoms with Gasteiger partial charge in [0.25, 0.3) is 0 Å². The van der Waals surface area contributed by atoms with Crippen LogP contribution in [0.5, 0.6) is 5.75 Å². The zero-order chi connectivity index (χ0) is 16.5. The third-order valence-corrected chi connectivity index (χ3v) is 4.54. The van der Waals surface area contributed by atoms with Gasteiger partial charge in [0.2, 0.25) is 5.89 Å². The molecule has 2 aromatic carbocycles. The quantitative estimate of drug-likeness (QED) is 0.799. The molecule has 1 saturated heterocycles. The van der Waals surface area contributed by atoms with E-state index in [9.17, 15) is 5.11 Å². The summed E-state index contributed by atoms with van der Waals surface area (Å²) >= 11 is 0. The number of β-amino-alcohol motifs (C(OH)–C–C–N with tert-alkyl or cyclic N) is 1. The fourth-order valence-corrected chi connectivity index (χ4v) is 3.41. The highest BCUT2D eigenvalue weighted by Gasteiger charge is 2.33. The molecule has 1 N–H and O–H groups in total. The van der Waals surface area contributed by atoms with Crippen LogP contribution < -0.4 is 4.74 Å². The van der Waals surface area contributed by atoms with Gasteiger partial charge in [0.05, 0.1) is 19.8 Å². The number of oxazole rings is 1. The van der Waals surface area contributed by atoms with Crippen LogP contribution in [0.1, 0.15) is 23.9 Å². The van der Waals surface area contributed by atoms with Crippen LogP contribution >= 0.6 is 0 Å². The van der Waals surface area contributed by atoms with Gasteiger partial charge in [-0.15, -0.1) is 0 Å². The van der Waals surface area contributed by atoms with Crippen LogP contribution in [0.25, 0.3) is 11.1 Å². The number of rotatable bonds is 4. The first kappa shape index (κ1) is 15.2. The summed E-state index contributed by atoms with van der Waals surface area (Å²) in [4.78, 5) is 6.76. The van der Waals surface area contributed by atoms with Gasteiger partial charge in [0.1, 0.15) is 11.3 Å². The van der Waals surface area contributed by atoms with Gasteiger partial charge in [-0.05, 0) is 36.2 Å². The molecule has 0 unspecified atom stereocenters. The van der Waals surface area contributed by atoms with Crippen LogP contribution in [-0.2, 0) is 6.54 Å². The molecule has 0 aliphatic carbocycles. The average molecular weight is 324 g/mol. The first-order chi connectivity index (χ1) is 11.7. The van der Waals surface area contributed by atoms with E-state index >= 15 is 0 Å². The molecule has 1 aliphatic rings. The molecule has 2 heterocycles. The normalized spacial score (nSPS) is 21.4. The predicted molar refractivity (Wildman–Crippen MR) is 90.8 cm³/mol. The Kier molecular flexibility index (Phi) is 3.96. The Balaban J connectivity index is 1.60. The molecule has 0 bridgehead atoms. The molecule has 24 heavy (non-hydrogen) atoms. The van der Waals surface area contributed by atoms with Gasteiger partial charge >= 0.3 is 0 Å². The minimum atomic E-state index is -0.342. The van der Waals surface area contributed by atoms with E-state index in [0.29, 0.717) is 25.4 Å². The van der Waals surface area contributed by atoms with Crippen molar-refractivity contribution in [2.45, 2.75) is 25.1 Å². The summed E-state index contributed by atoms with van der Waals surface area (Å²) in [5.41, 5.74) is 2.80. The molecular formula is C19H20N2O3. The Morgan fingerprint density at radius 2 is 2.12 bits per heavy atom. The minimum absolute atomic E-state index is 0.130. The number of aliphatic hydroxyl groups is 1. The monoisotopic (exact) mass is 324 g/mol. The van der Waals surface area contributed by atoms with E-state index < -0.39 is 0 Å². The fraction of sp³-hybridized carbons (Fsp3) is 0.316. The Morgan fingerprint density at radius 1 is 1.25 bits per heavy atom. The van der Waals surface area contributed by atoms with Gasteiger partial charge < -0.3 is 14.3 Å². The number of benzene rings is 2. The maximum atomic E-state index is 10.2. The number of para-hydroxylation sites is 2. The van der Waals surface area contributed by atoms with E-state index in [4.69, 9.17) is 9.15 Å². The van der Waals surface area contributed by atoms with Crippen molar-refractivity contribution in [3.05, 3.63) is 60.0 Å². The van der Waals surface area contributed by atoms with Crippen LogP contribution in [0.15, 0.2) is 52.9 Å². The number of fused-ring (bicyclic) bond motifs is 1. The number of hydrogen-bond acceptors (Lipinski definition) is 5. The molecule has 0 saturated carbocycles. The van der Waals surface area contributed by atoms with Crippen molar-refractivity contribution in [1.29, 1.82) is 0 Å². The highest BCUT2D eigenvalue weighted by Crippen LogP contribution is 2.35. The SMILES string of the molecule is COc1cccc([C@@H]2C[C@@H](O)CN2Cc2nc3ccccc3o2)c1. The number of nitrogens with zero attached hydrogens (tertiary/aromatic N) is 2. The molecule has 1 aromatic heterocycles. The first-order valence-electron chi connectivity index (χ1n) is 8.13. The van der Waals surface area contributed by atoms with Crippen LogP contribution in [0.4, 0.5) is 0 Å². The molecule has 5 heteroatoms. The van der Waals surface area contributed by atoms with E-state index in [0.717, 1.165) is 22.4 Å². The van der Waals surface area contributed by atoms with Crippen molar-refractivity contribution < 1.29 is 14.3 Å². The number of aromatic nitrogens is 1. The fourth-order valence-electron chi connectivity index (χ4n) is 3.41. The molecular weight excluding hydrogens is 304 g/mol. The molecule has 1 aliphatic heterocycles. The van der Waals surface area contributed by atoms with Gasteiger partial charge in [-0.1, -0.05) is 24.3 Å². The van der Waals surface area contributed by atoms with E-state index in [2.05, 4.69) is 16.0 Å². The van der Waals surface area contributed by atoms with Gasteiger partial charge in [0.15, 0.2) is 5.58 Å². The zero-order valence-electron chi connectivity index (χ0n) is 13.6. The van der Waals surface area contributed by atoms with Crippen LogP contribution in [0.2, 0.25) is 0 Å². The maximum absolute atomic E-state index is 10.2. The van der Waals surface area contributed by atoms with E-state index in [1.165, 1.54) is 0 Å². The maximum Gasteiger partial charge on any atom is 0.209 e. The summed E-state index contributed by atoms with van der Waals surface area (Å²) in [5.74, 6) is 1.51. The van der Waals surface area contributed by atoms with E-state index in [-0.39, 0.29) is 12.1 Å². The minimum Gasteiger partial charge on any atom is -0.497 e. The van der Waals surface area contributed by atoms with Crippen LogP contribution in [0, 0.1) is 0 Å². The highest BCUT2D eigenvalue weighted by atomic mass is 16.5. The summed E-state index contributed by atoms with van der Waals surface area (Å²) in [6.07, 6.45) is 0.360. The standard InChI is InChI=1S/C19H20N2O3/c1-23-15-6-4-5-13(9-15)17-10-14(22)11-21(17)12-19-20-16-7-2-3-8-18(16)24-19/h2-9,14,17,22H,10-12H2,1H3/t14-,17+/m1/s1. The van der Waals surface area contributed by atoms with Crippen molar-refractivity contribution in [2.24, 2.45) is 0 Å². The van der Waals surface area contributed by atoms with Crippen molar-refractivity contribution in [3.63, 3.8) is 0 Å². The molecule has 4 rings (SSSR count). The lowest BCUT2D eigenvalue weighted by molar-refractivity contribution is 0.167. The summed E-state index contributed by atoms with van der Waals surface area (Å²) in [6, 6.07) is 15.9. The largest absolute Gasteiger partial charge is 0.497 e. The average Bonchev–Trinajstić information content (AvgIpc) is 3.17. The molecule has 0 spiro atoms. The smallest absolute Gasteiger partial charge is 0.209 e. The second kappa shape index (κ2) is 6.26. The lowest BCUT2D eigenvalue weighted by Gasteiger charge is -2.23. The Labute approximate surface area is 140 Å². The van der Waals surface area contributed by atoms with Crippen molar-refractivity contribution >= 4 is 11.1 Å². The second-order valence-electron chi connectivity index (χ2n) is 6.19. The van der Waals surface area contributed by atoms with Crippen molar-refractivity contribution in [3.8, 4) is 5.75 Å². The molecule has 0 radical (unpaired) electrons. The predicted octanol–water partition coefficient (Wildman–Crippen LogP) is 3.14. The number of ether oxygens (including phenoxy) is 1. The third kappa shape index (κ3) is 2.88.